The Morgan fingerprint density at radius 3 is 2.30 bits per heavy atom. The predicted octanol–water partition coefficient (Wildman–Crippen LogP) is 1.06. The molecule has 0 aromatic carbocycles. The Hall–Kier alpha value is -0.440. The van der Waals surface area contributed by atoms with E-state index in [0.29, 0.717) is 0 Å². The highest BCUT2D eigenvalue weighted by molar-refractivity contribution is 7.96. The van der Waals surface area contributed by atoms with Crippen LogP contribution in [-0.4, -0.2) is 10.3 Å². The lowest BCUT2D eigenvalue weighted by atomic mass is 10.4. The van der Waals surface area contributed by atoms with Crippen molar-refractivity contribution in [1.82, 2.24) is 4.09 Å². The van der Waals surface area contributed by atoms with E-state index in [1.165, 1.54) is 11.4 Å². The summed E-state index contributed by atoms with van der Waals surface area (Å²) in [5.41, 5.74) is 2.60. The molecule has 0 saturated heterocycles. The fraction of sp³-hybridized carbons (Fsp3) is 0.571. The van der Waals surface area contributed by atoms with Crippen molar-refractivity contribution in [2.24, 2.45) is 7.05 Å². The lowest BCUT2D eigenvalue weighted by Gasteiger charge is -1.94. The van der Waals surface area contributed by atoms with Crippen molar-refractivity contribution < 1.29 is 4.68 Å². The molecule has 0 aliphatic heterocycles. The summed E-state index contributed by atoms with van der Waals surface area (Å²) in [4.78, 5) is 0. The molecule has 2 nitrogen and oxygen atoms in total. The van der Waals surface area contributed by atoms with E-state index in [4.69, 9.17) is 0 Å². The van der Waals surface area contributed by atoms with Crippen LogP contribution in [0.15, 0.2) is 6.07 Å². The third-order valence-corrected chi connectivity index (χ3v) is 2.55. The number of hydrogen-bond donors (Lipinski definition) is 0. The molecule has 1 heterocycles. The van der Waals surface area contributed by atoms with Gasteiger partial charge >= 0.3 is 0 Å². The van der Waals surface area contributed by atoms with Gasteiger partial charge in [0, 0.05) is 31.2 Å². The van der Waals surface area contributed by atoms with Gasteiger partial charge in [-0.2, -0.15) is 0 Å². The summed E-state index contributed by atoms with van der Waals surface area (Å²) in [6.07, 6.45) is 2.08. The number of aryl methyl sites for hydroxylation is 2. The number of rotatable bonds is 1. The lowest BCUT2D eigenvalue weighted by Crippen LogP contribution is -2.38. The number of aromatic nitrogens is 2. The van der Waals surface area contributed by atoms with Gasteiger partial charge in [-0.05, 0) is 6.92 Å². The predicted molar refractivity (Wildman–Crippen MR) is 44.0 cm³/mol. The molecular weight excluding hydrogens is 144 g/mol. The smallest absolute Gasteiger partial charge is 0.105 e. The molecule has 0 aliphatic rings. The molecule has 0 radical (unpaired) electrons. The van der Waals surface area contributed by atoms with Crippen LogP contribution in [0.4, 0.5) is 0 Å². The van der Waals surface area contributed by atoms with Gasteiger partial charge in [0.2, 0.25) is 5.69 Å². The topological polar surface area (TPSA) is 8.81 Å². The van der Waals surface area contributed by atoms with Crippen LogP contribution >= 0.6 is 11.9 Å². The molecule has 10 heavy (non-hydrogen) atoms. The van der Waals surface area contributed by atoms with Gasteiger partial charge in [-0.25, -0.2) is 0 Å². The van der Waals surface area contributed by atoms with Gasteiger partial charge in [0.15, 0.2) is 7.05 Å². The van der Waals surface area contributed by atoms with Crippen LogP contribution in [-0.2, 0) is 7.05 Å². The molecule has 0 unspecified atom stereocenters. The van der Waals surface area contributed by atoms with Crippen molar-refractivity contribution in [1.29, 1.82) is 0 Å². The summed E-state index contributed by atoms with van der Waals surface area (Å²) < 4.78 is 4.30. The summed E-state index contributed by atoms with van der Waals surface area (Å²) in [6.45, 7) is 4.23. The Morgan fingerprint density at radius 2 is 2.10 bits per heavy atom. The second-order valence-corrected chi connectivity index (χ2v) is 3.12. The zero-order valence-corrected chi connectivity index (χ0v) is 7.70. The maximum Gasteiger partial charge on any atom is 0.205 e. The monoisotopic (exact) mass is 157 g/mol. The molecule has 1 rings (SSSR count). The maximum absolute atomic E-state index is 2.18. The van der Waals surface area contributed by atoms with E-state index in [-0.39, 0.29) is 0 Å². The third-order valence-electron chi connectivity index (χ3n) is 1.68. The first-order chi connectivity index (χ1) is 4.66. The van der Waals surface area contributed by atoms with Crippen LogP contribution < -0.4 is 4.68 Å². The van der Waals surface area contributed by atoms with E-state index in [2.05, 4.69) is 42.0 Å². The Bertz CT molecular complexity index is 240. The molecular formula is C7H13N2S+. The molecule has 0 saturated carbocycles. The summed E-state index contributed by atoms with van der Waals surface area (Å²) in [7, 11) is 2.07. The van der Waals surface area contributed by atoms with Crippen molar-refractivity contribution in [3.8, 4) is 0 Å². The maximum atomic E-state index is 2.18. The highest BCUT2D eigenvalue weighted by Gasteiger charge is 2.10. The second-order valence-electron chi connectivity index (χ2n) is 2.41. The van der Waals surface area contributed by atoms with Crippen LogP contribution in [0.25, 0.3) is 0 Å². The van der Waals surface area contributed by atoms with Crippen LogP contribution in [0.1, 0.15) is 11.4 Å². The van der Waals surface area contributed by atoms with E-state index >= 15 is 0 Å². The second kappa shape index (κ2) is 2.66. The SMILES string of the molecule is CSn1c(C)cc(C)[n+]1C. The molecule has 0 amide bonds. The summed E-state index contributed by atoms with van der Waals surface area (Å²) in [5, 5.41) is 0. The highest BCUT2D eigenvalue weighted by Crippen LogP contribution is 2.04. The molecule has 0 bridgehead atoms. The minimum absolute atomic E-state index is 1.30. The minimum Gasteiger partial charge on any atom is -0.105 e. The summed E-state index contributed by atoms with van der Waals surface area (Å²) in [6, 6.07) is 2.18. The van der Waals surface area contributed by atoms with Crippen LogP contribution in [0.3, 0.4) is 0 Å². The Labute approximate surface area is 66.0 Å². The van der Waals surface area contributed by atoms with E-state index in [1.54, 1.807) is 11.9 Å². The lowest BCUT2D eigenvalue weighted by molar-refractivity contribution is -0.741. The fourth-order valence-electron chi connectivity index (χ4n) is 1.10. The average Bonchev–Trinajstić information content (AvgIpc) is 2.09. The largest absolute Gasteiger partial charge is 0.205 e. The summed E-state index contributed by atoms with van der Waals surface area (Å²) >= 11 is 1.72. The van der Waals surface area contributed by atoms with Crippen molar-refractivity contribution >= 4 is 11.9 Å². The average molecular weight is 157 g/mol. The molecule has 1 aromatic heterocycles. The van der Waals surface area contributed by atoms with Crippen LogP contribution in [0, 0.1) is 13.8 Å². The van der Waals surface area contributed by atoms with Crippen molar-refractivity contribution in [2.75, 3.05) is 6.26 Å². The number of hydrogen-bond acceptors (Lipinski definition) is 1. The molecule has 0 aliphatic carbocycles. The van der Waals surface area contributed by atoms with Crippen LogP contribution in [0.2, 0.25) is 0 Å². The van der Waals surface area contributed by atoms with Gasteiger partial charge in [0.25, 0.3) is 0 Å². The van der Waals surface area contributed by atoms with Crippen molar-refractivity contribution in [2.45, 2.75) is 13.8 Å². The first kappa shape index (κ1) is 7.66. The first-order valence-electron chi connectivity index (χ1n) is 3.26. The van der Waals surface area contributed by atoms with Crippen molar-refractivity contribution in [3.05, 3.63) is 17.5 Å². The number of nitrogens with zero attached hydrogens (tertiary/aromatic N) is 2. The first-order valence-corrected chi connectivity index (χ1v) is 4.44. The molecule has 0 atom stereocenters. The zero-order chi connectivity index (χ0) is 7.72. The van der Waals surface area contributed by atoms with E-state index in [0.717, 1.165) is 0 Å². The van der Waals surface area contributed by atoms with Crippen molar-refractivity contribution in [3.63, 3.8) is 0 Å². The molecule has 0 fully saturated rings. The Balaban J connectivity index is 3.20. The van der Waals surface area contributed by atoms with E-state index in [9.17, 15) is 0 Å². The van der Waals surface area contributed by atoms with Crippen LogP contribution in [0.5, 0.6) is 0 Å². The Morgan fingerprint density at radius 1 is 1.50 bits per heavy atom. The Kier molecular flexibility index (Phi) is 2.04. The van der Waals surface area contributed by atoms with Gasteiger partial charge in [-0.1, -0.05) is 4.09 Å². The third kappa shape index (κ3) is 1.06. The fourth-order valence-corrected chi connectivity index (χ4v) is 1.81. The standard InChI is InChI=1S/C7H13N2S/c1-6-5-7(2)9(10-4)8(6)3/h5H,1-4H3/q+1. The molecule has 3 heteroatoms. The molecule has 1 aromatic rings. The van der Waals surface area contributed by atoms with Gasteiger partial charge < -0.3 is 0 Å². The molecule has 56 valence electrons. The van der Waals surface area contributed by atoms with Gasteiger partial charge in [0.05, 0.1) is 5.69 Å². The summed E-state index contributed by atoms with van der Waals surface area (Å²) in [5.74, 6) is 0. The normalized spacial score (nSPS) is 10.4. The minimum atomic E-state index is 1.30. The zero-order valence-electron chi connectivity index (χ0n) is 6.88. The van der Waals surface area contributed by atoms with E-state index in [1.807, 2.05) is 0 Å². The van der Waals surface area contributed by atoms with Gasteiger partial charge in [0.1, 0.15) is 0 Å². The highest BCUT2D eigenvalue weighted by atomic mass is 32.2. The van der Waals surface area contributed by atoms with E-state index < -0.39 is 0 Å². The van der Waals surface area contributed by atoms with Gasteiger partial charge in [-0.3, -0.25) is 0 Å². The van der Waals surface area contributed by atoms with Gasteiger partial charge in [-0.15, -0.1) is 4.68 Å². The molecule has 0 spiro atoms. The molecule has 0 N–H and O–H groups in total. The quantitative estimate of drug-likeness (QED) is 0.554.